The molecular formula is C41H48N4O13S2. The van der Waals surface area contributed by atoms with Crippen LogP contribution >= 0.6 is 11.8 Å². The standard InChI is InChI=1S/C41H48N4O13S2/c1-24-35-34(25(2)46)38(47)45(35)36(39(48)56-21-26-6-12-30(53-3)13-7-26)37(24)59-33-18-29(44(20-33)41(50)58-23-28-10-16-32(55-5)17-11-28)19-42-60(51,52)43-40(49)57-22-27-8-14-31(54-4)15-9-27/h6-17,24-25,29,33-35,42,46H,18-23H2,1-5H3,(H,43,49)/t24-,25-,29+,33+,34-,35-/m1/s1. The number of carbonyl (C=O) groups excluding carboxylic acids is 4. The molecule has 60 heavy (non-hydrogen) atoms. The number of benzene rings is 3. The van der Waals surface area contributed by atoms with E-state index in [0.717, 1.165) is 0 Å². The maximum Gasteiger partial charge on any atom is 0.422 e. The van der Waals surface area contributed by atoms with Crippen LogP contribution in [0.25, 0.3) is 0 Å². The number of likely N-dealkylation sites (tertiary alicyclic amines) is 1. The van der Waals surface area contributed by atoms with Gasteiger partial charge in [-0.15, -0.1) is 11.8 Å². The third-order valence-corrected chi connectivity index (χ3v) is 13.0. The molecule has 0 bridgehead atoms. The molecule has 3 aliphatic heterocycles. The van der Waals surface area contributed by atoms with Crippen LogP contribution in [0.3, 0.4) is 0 Å². The minimum atomic E-state index is -4.46. The average molecular weight is 869 g/mol. The fourth-order valence-corrected chi connectivity index (χ4v) is 9.69. The summed E-state index contributed by atoms with van der Waals surface area (Å²) in [6.45, 7) is 2.82. The number of amides is 3. The van der Waals surface area contributed by atoms with Gasteiger partial charge in [-0.1, -0.05) is 43.3 Å². The van der Waals surface area contributed by atoms with Crippen LogP contribution in [-0.2, 0) is 53.8 Å². The van der Waals surface area contributed by atoms with Crippen molar-refractivity contribution in [3.05, 3.63) is 100 Å². The van der Waals surface area contributed by atoms with E-state index in [2.05, 4.69) is 4.72 Å². The van der Waals surface area contributed by atoms with Crippen LogP contribution in [0.4, 0.5) is 9.59 Å². The topological polar surface area (TPSA) is 209 Å². The lowest BCUT2D eigenvalue weighted by Gasteiger charge is -2.46. The summed E-state index contributed by atoms with van der Waals surface area (Å²) in [7, 11) is 0.132. The number of aliphatic hydroxyl groups is 1. The SMILES string of the molecule is COc1ccc(COC(=O)NS(=O)(=O)NC[C@@H]2C[C@H](SC3=C(C(=O)OCc4ccc(OC)cc4)N4C(=O)[C@H]([C@@H](C)O)[C@H]4[C@H]3C)CN2C(=O)OCc2ccc(OC)cc2)cc1. The quantitative estimate of drug-likeness (QED) is 0.0993. The Balaban J connectivity index is 1.17. The summed E-state index contributed by atoms with van der Waals surface area (Å²) in [5.74, 6) is -0.361. The highest BCUT2D eigenvalue weighted by Crippen LogP contribution is 2.52. The zero-order valence-corrected chi connectivity index (χ0v) is 35.3. The van der Waals surface area contributed by atoms with E-state index < -0.39 is 63.6 Å². The molecule has 0 radical (unpaired) electrons. The van der Waals surface area contributed by atoms with Crippen LogP contribution in [0, 0.1) is 11.8 Å². The first-order chi connectivity index (χ1) is 28.7. The molecule has 322 valence electrons. The number of hydrogen-bond acceptors (Lipinski definition) is 14. The summed E-state index contributed by atoms with van der Waals surface area (Å²) < 4.78 is 62.3. The second kappa shape index (κ2) is 19.3. The number of nitrogens with zero attached hydrogens (tertiary/aromatic N) is 2. The number of thioether (sulfide) groups is 1. The van der Waals surface area contributed by atoms with Crippen LogP contribution in [0.2, 0.25) is 0 Å². The van der Waals surface area contributed by atoms with Gasteiger partial charge in [-0.25, -0.2) is 19.1 Å². The van der Waals surface area contributed by atoms with E-state index in [1.807, 2.05) is 11.6 Å². The van der Waals surface area contributed by atoms with Crippen molar-refractivity contribution in [1.82, 2.24) is 19.2 Å². The van der Waals surface area contributed by atoms with E-state index >= 15 is 0 Å². The molecule has 6 rings (SSSR count). The first-order valence-electron chi connectivity index (χ1n) is 19.1. The molecule has 3 aliphatic rings. The normalized spacial score (nSPS) is 21.4. The highest BCUT2D eigenvalue weighted by Gasteiger charge is 2.60. The van der Waals surface area contributed by atoms with E-state index in [1.54, 1.807) is 79.9 Å². The summed E-state index contributed by atoms with van der Waals surface area (Å²) in [4.78, 5) is 56.7. The Hall–Kier alpha value is -5.50. The van der Waals surface area contributed by atoms with Gasteiger partial charge in [-0.05, 0) is 66.4 Å². The minimum Gasteiger partial charge on any atom is -0.497 e. The zero-order chi connectivity index (χ0) is 43.1. The van der Waals surface area contributed by atoms with Crippen molar-refractivity contribution in [2.75, 3.05) is 34.4 Å². The number of hydrogen-bond donors (Lipinski definition) is 3. The van der Waals surface area contributed by atoms with Crippen molar-refractivity contribution in [3.8, 4) is 17.2 Å². The van der Waals surface area contributed by atoms with Crippen LogP contribution in [-0.4, -0.2) is 105 Å². The molecule has 0 aliphatic carbocycles. The number of ether oxygens (including phenoxy) is 6. The van der Waals surface area contributed by atoms with Gasteiger partial charge < -0.3 is 43.3 Å². The minimum absolute atomic E-state index is 0.0723. The Labute approximate surface area is 352 Å². The number of carbonyl (C=O) groups is 4. The van der Waals surface area contributed by atoms with Gasteiger partial charge in [-0.3, -0.25) is 4.79 Å². The van der Waals surface area contributed by atoms with Gasteiger partial charge >= 0.3 is 28.4 Å². The van der Waals surface area contributed by atoms with E-state index in [9.17, 15) is 32.7 Å². The van der Waals surface area contributed by atoms with Crippen LogP contribution < -0.4 is 23.7 Å². The Morgan fingerprint density at radius 1 is 0.817 bits per heavy atom. The second-order valence-corrected chi connectivity index (χ2v) is 17.3. The fourth-order valence-electron chi connectivity index (χ4n) is 7.37. The van der Waals surface area contributed by atoms with Crippen molar-refractivity contribution in [3.63, 3.8) is 0 Å². The lowest BCUT2D eigenvalue weighted by Crippen LogP contribution is -2.63. The highest BCUT2D eigenvalue weighted by molar-refractivity contribution is 8.03. The number of aliphatic hydroxyl groups excluding tert-OH is 1. The van der Waals surface area contributed by atoms with Gasteiger partial charge in [0.1, 0.15) is 42.8 Å². The maximum absolute atomic E-state index is 13.8. The summed E-state index contributed by atoms with van der Waals surface area (Å²) in [5, 5.41) is 10.1. The molecule has 2 fully saturated rings. The molecular weight excluding hydrogens is 821 g/mol. The Kier molecular flexibility index (Phi) is 14.1. The second-order valence-electron chi connectivity index (χ2n) is 14.5. The summed E-state index contributed by atoms with van der Waals surface area (Å²) in [6.07, 6.45) is -2.66. The Morgan fingerprint density at radius 2 is 1.32 bits per heavy atom. The molecule has 3 heterocycles. The largest absolute Gasteiger partial charge is 0.497 e. The third-order valence-electron chi connectivity index (χ3n) is 10.5. The molecule has 3 N–H and O–H groups in total. The summed E-state index contributed by atoms with van der Waals surface area (Å²) >= 11 is 1.29. The van der Waals surface area contributed by atoms with E-state index in [4.69, 9.17) is 28.4 Å². The van der Waals surface area contributed by atoms with Crippen LogP contribution in [0.1, 0.15) is 37.0 Å². The predicted molar refractivity (Wildman–Crippen MR) is 218 cm³/mol. The van der Waals surface area contributed by atoms with Gasteiger partial charge in [0, 0.05) is 35.2 Å². The Morgan fingerprint density at radius 3 is 1.82 bits per heavy atom. The molecule has 3 aromatic rings. The number of nitrogens with one attached hydrogen (secondary N) is 2. The first kappa shape index (κ1) is 44.1. The van der Waals surface area contributed by atoms with E-state index in [-0.39, 0.29) is 50.9 Å². The van der Waals surface area contributed by atoms with Gasteiger partial charge in [0.05, 0.1) is 39.4 Å². The summed E-state index contributed by atoms with van der Waals surface area (Å²) in [5.41, 5.74) is 2.06. The lowest BCUT2D eigenvalue weighted by atomic mass is 9.79. The molecule has 19 heteroatoms. The monoisotopic (exact) mass is 868 g/mol. The molecule has 3 aromatic carbocycles. The van der Waals surface area contributed by atoms with Gasteiger partial charge in [0.15, 0.2) is 0 Å². The number of fused-ring (bicyclic) bond motifs is 1. The van der Waals surface area contributed by atoms with Crippen molar-refractivity contribution >= 4 is 46.0 Å². The fraction of sp³-hybridized carbons (Fsp3) is 0.415. The van der Waals surface area contributed by atoms with Crippen molar-refractivity contribution in [1.29, 1.82) is 0 Å². The van der Waals surface area contributed by atoms with Gasteiger partial charge in [0.25, 0.3) is 0 Å². The lowest BCUT2D eigenvalue weighted by molar-refractivity contribution is -0.164. The van der Waals surface area contributed by atoms with Gasteiger partial charge in [-0.2, -0.15) is 13.1 Å². The number of esters is 1. The molecule has 6 atom stereocenters. The number of methoxy groups -OCH3 is 3. The zero-order valence-electron chi connectivity index (χ0n) is 33.7. The molecule has 0 aromatic heterocycles. The molecule has 3 amide bonds. The molecule has 0 spiro atoms. The van der Waals surface area contributed by atoms with Crippen molar-refractivity contribution < 1.29 is 61.1 Å². The third kappa shape index (κ3) is 10.3. The predicted octanol–water partition coefficient (Wildman–Crippen LogP) is 4.10. The molecule has 0 unspecified atom stereocenters. The molecule has 17 nitrogen and oxygen atoms in total. The maximum atomic E-state index is 13.8. The van der Waals surface area contributed by atoms with Crippen molar-refractivity contribution in [2.24, 2.45) is 11.8 Å². The molecule has 2 saturated heterocycles. The van der Waals surface area contributed by atoms with Crippen molar-refractivity contribution in [2.45, 2.75) is 63.5 Å². The molecule has 0 saturated carbocycles. The van der Waals surface area contributed by atoms with Crippen LogP contribution in [0.15, 0.2) is 83.4 Å². The van der Waals surface area contributed by atoms with E-state index in [1.165, 1.54) is 42.7 Å². The summed E-state index contributed by atoms with van der Waals surface area (Å²) in [6, 6.07) is 19.3. The smallest absolute Gasteiger partial charge is 0.422 e. The van der Waals surface area contributed by atoms with Crippen LogP contribution in [0.5, 0.6) is 17.2 Å². The number of β-lactam (4-membered cyclic amide) rings is 1. The Bertz CT molecular complexity index is 2170. The van der Waals surface area contributed by atoms with E-state index in [0.29, 0.717) is 38.8 Å². The highest BCUT2D eigenvalue weighted by atomic mass is 32.2. The van der Waals surface area contributed by atoms with Gasteiger partial charge in [0.2, 0.25) is 5.91 Å². The average Bonchev–Trinajstić information content (AvgIpc) is 3.76. The number of rotatable bonds is 17. The first-order valence-corrected chi connectivity index (χ1v) is 21.4.